The van der Waals surface area contributed by atoms with Crippen molar-refractivity contribution in [1.82, 2.24) is 30.5 Å². The lowest BCUT2D eigenvalue weighted by Gasteiger charge is -2.00. The predicted octanol–water partition coefficient (Wildman–Crippen LogP) is 0.193. The molecule has 0 bridgehead atoms. The lowest BCUT2D eigenvalue weighted by Crippen LogP contribution is -2.09. The first-order valence-corrected chi connectivity index (χ1v) is 5.79. The summed E-state index contributed by atoms with van der Waals surface area (Å²) in [6.07, 6.45) is 4.64. The van der Waals surface area contributed by atoms with Gasteiger partial charge in [-0.15, -0.1) is 10.2 Å². The number of rotatable bonds is 3. The average molecular weight is 230 g/mol. The molecule has 17 heavy (non-hydrogen) atoms. The van der Waals surface area contributed by atoms with E-state index in [-0.39, 0.29) is 0 Å². The molecule has 1 fully saturated rings. The number of hydrogen-bond donors (Lipinski definition) is 1. The highest BCUT2D eigenvalue weighted by molar-refractivity contribution is 5.09. The van der Waals surface area contributed by atoms with E-state index in [1.54, 1.807) is 17.2 Å². The largest absolute Gasteiger partial charge is 0.316 e. The van der Waals surface area contributed by atoms with Crippen LogP contribution in [-0.4, -0.2) is 38.3 Å². The number of nitrogens with one attached hydrogen (secondary N) is 1. The zero-order valence-corrected chi connectivity index (χ0v) is 9.45. The van der Waals surface area contributed by atoms with Crippen LogP contribution in [0, 0.1) is 0 Å². The van der Waals surface area contributed by atoms with Crippen molar-refractivity contribution in [3.8, 4) is 0 Å². The summed E-state index contributed by atoms with van der Waals surface area (Å²) in [7, 11) is 0. The molecule has 1 aliphatic rings. The first-order chi connectivity index (χ1) is 8.42. The maximum absolute atomic E-state index is 4.42. The second-order valence-corrected chi connectivity index (χ2v) is 4.22. The van der Waals surface area contributed by atoms with E-state index in [2.05, 4.69) is 25.7 Å². The van der Waals surface area contributed by atoms with Crippen molar-refractivity contribution in [2.24, 2.45) is 0 Å². The lowest BCUT2D eigenvalue weighted by atomic mass is 10.1. The molecule has 6 heteroatoms. The van der Waals surface area contributed by atoms with Crippen LogP contribution in [0.15, 0.2) is 24.5 Å². The monoisotopic (exact) mass is 230 g/mol. The molecule has 0 spiro atoms. The number of aromatic nitrogens is 5. The Bertz CT molecular complexity index is 474. The van der Waals surface area contributed by atoms with Crippen molar-refractivity contribution >= 4 is 0 Å². The third kappa shape index (κ3) is 2.31. The van der Waals surface area contributed by atoms with E-state index in [0.717, 1.165) is 30.9 Å². The molecular weight excluding hydrogens is 216 g/mol. The molecule has 1 saturated heterocycles. The highest BCUT2D eigenvalue weighted by Crippen LogP contribution is 2.17. The quantitative estimate of drug-likeness (QED) is 0.815. The number of tetrazole rings is 1. The van der Waals surface area contributed by atoms with Crippen LogP contribution < -0.4 is 5.32 Å². The van der Waals surface area contributed by atoms with Crippen LogP contribution in [0.1, 0.15) is 23.7 Å². The standard InChI is InChI=1S/C11H14N6/c1-4-12-5-2-9(1)8-17-15-11(14-16-17)10-3-6-13-7-10/h1-2,4-5,10,13H,3,6-8H2. The molecule has 2 aromatic rings. The highest BCUT2D eigenvalue weighted by atomic mass is 15.6. The summed E-state index contributed by atoms with van der Waals surface area (Å²) >= 11 is 0. The molecule has 6 nitrogen and oxygen atoms in total. The fraction of sp³-hybridized carbons (Fsp3) is 0.455. The van der Waals surface area contributed by atoms with Gasteiger partial charge in [-0.3, -0.25) is 4.98 Å². The van der Waals surface area contributed by atoms with Crippen LogP contribution in [0.2, 0.25) is 0 Å². The van der Waals surface area contributed by atoms with E-state index in [4.69, 9.17) is 0 Å². The molecular formula is C11H14N6. The fourth-order valence-electron chi connectivity index (χ4n) is 2.01. The molecule has 0 aromatic carbocycles. The van der Waals surface area contributed by atoms with Gasteiger partial charge < -0.3 is 5.32 Å². The minimum absolute atomic E-state index is 0.418. The average Bonchev–Trinajstić information content (AvgIpc) is 3.00. The number of hydrogen-bond acceptors (Lipinski definition) is 5. The zero-order chi connectivity index (χ0) is 11.5. The minimum Gasteiger partial charge on any atom is -0.316 e. The van der Waals surface area contributed by atoms with E-state index in [9.17, 15) is 0 Å². The van der Waals surface area contributed by atoms with Gasteiger partial charge in [0.05, 0.1) is 6.54 Å². The molecule has 2 aromatic heterocycles. The van der Waals surface area contributed by atoms with E-state index < -0.39 is 0 Å². The van der Waals surface area contributed by atoms with Gasteiger partial charge in [-0.25, -0.2) is 0 Å². The maximum Gasteiger partial charge on any atom is 0.179 e. The Hall–Kier alpha value is -1.82. The van der Waals surface area contributed by atoms with Gasteiger partial charge in [0.2, 0.25) is 0 Å². The van der Waals surface area contributed by atoms with Crippen LogP contribution in [-0.2, 0) is 6.54 Å². The smallest absolute Gasteiger partial charge is 0.179 e. The summed E-state index contributed by atoms with van der Waals surface area (Å²) in [5, 5.41) is 15.9. The summed E-state index contributed by atoms with van der Waals surface area (Å²) < 4.78 is 0. The second kappa shape index (κ2) is 4.58. The molecule has 88 valence electrons. The van der Waals surface area contributed by atoms with Gasteiger partial charge in [0.1, 0.15) is 0 Å². The fourth-order valence-corrected chi connectivity index (χ4v) is 2.01. The van der Waals surface area contributed by atoms with Crippen molar-refractivity contribution in [3.63, 3.8) is 0 Å². The third-order valence-corrected chi connectivity index (χ3v) is 2.97. The molecule has 3 rings (SSSR count). The Labute approximate surface area is 99.1 Å². The van der Waals surface area contributed by atoms with Crippen molar-refractivity contribution in [1.29, 1.82) is 0 Å². The van der Waals surface area contributed by atoms with Crippen LogP contribution in [0.3, 0.4) is 0 Å². The first kappa shape index (κ1) is 10.3. The first-order valence-electron chi connectivity index (χ1n) is 5.79. The normalized spacial score (nSPS) is 19.6. The Morgan fingerprint density at radius 2 is 2.24 bits per heavy atom. The lowest BCUT2D eigenvalue weighted by molar-refractivity contribution is 0.566. The van der Waals surface area contributed by atoms with Gasteiger partial charge in [-0.05, 0) is 35.9 Å². The molecule has 1 N–H and O–H groups in total. The Morgan fingerprint density at radius 3 is 3.00 bits per heavy atom. The molecule has 0 amide bonds. The molecule has 0 radical (unpaired) electrons. The highest BCUT2D eigenvalue weighted by Gasteiger charge is 2.21. The molecule has 1 aliphatic heterocycles. The van der Waals surface area contributed by atoms with Gasteiger partial charge in [0.15, 0.2) is 5.82 Å². The van der Waals surface area contributed by atoms with Crippen molar-refractivity contribution in [2.45, 2.75) is 18.9 Å². The minimum atomic E-state index is 0.418. The summed E-state index contributed by atoms with van der Waals surface area (Å²) in [6.45, 7) is 2.65. The molecule has 3 heterocycles. The van der Waals surface area contributed by atoms with Crippen molar-refractivity contribution in [3.05, 3.63) is 35.9 Å². The summed E-state index contributed by atoms with van der Waals surface area (Å²) in [5.74, 6) is 1.27. The second-order valence-electron chi connectivity index (χ2n) is 4.22. The Morgan fingerprint density at radius 1 is 1.35 bits per heavy atom. The zero-order valence-electron chi connectivity index (χ0n) is 9.45. The molecule has 0 saturated carbocycles. The van der Waals surface area contributed by atoms with Gasteiger partial charge >= 0.3 is 0 Å². The van der Waals surface area contributed by atoms with Crippen LogP contribution >= 0.6 is 0 Å². The molecule has 1 atom stereocenters. The van der Waals surface area contributed by atoms with E-state index in [1.165, 1.54) is 0 Å². The van der Waals surface area contributed by atoms with Gasteiger partial charge in [0.25, 0.3) is 0 Å². The Kier molecular flexibility index (Phi) is 2.79. The van der Waals surface area contributed by atoms with E-state index >= 15 is 0 Å². The predicted molar refractivity (Wildman–Crippen MR) is 61.4 cm³/mol. The van der Waals surface area contributed by atoms with E-state index in [0.29, 0.717) is 12.5 Å². The summed E-state index contributed by atoms with van der Waals surface area (Å²) in [5.41, 5.74) is 1.13. The number of pyridine rings is 1. The molecule has 1 unspecified atom stereocenters. The van der Waals surface area contributed by atoms with Gasteiger partial charge in [-0.2, -0.15) is 4.80 Å². The van der Waals surface area contributed by atoms with Gasteiger partial charge in [0, 0.05) is 24.9 Å². The van der Waals surface area contributed by atoms with Crippen LogP contribution in [0.25, 0.3) is 0 Å². The summed E-state index contributed by atoms with van der Waals surface area (Å²) in [4.78, 5) is 5.62. The Balaban J connectivity index is 1.72. The SMILES string of the molecule is c1cc(Cn2nnc(C3CCNC3)n2)ccn1. The van der Waals surface area contributed by atoms with Gasteiger partial charge in [-0.1, -0.05) is 0 Å². The number of nitrogens with zero attached hydrogens (tertiary/aromatic N) is 5. The van der Waals surface area contributed by atoms with Crippen molar-refractivity contribution in [2.75, 3.05) is 13.1 Å². The third-order valence-electron chi connectivity index (χ3n) is 2.97. The maximum atomic E-state index is 4.42. The van der Waals surface area contributed by atoms with E-state index in [1.807, 2.05) is 12.1 Å². The van der Waals surface area contributed by atoms with Crippen molar-refractivity contribution < 1.29 is 0 Å². The van der Waals surface area contributed by atoms with Crippen LogP contribution in [0.4, 0.5) is 0 Å². The topological polar surface area (TPSA) is 68.5 Å². The molecule has 0 aliphatic carbocycles. The summed E-state index contributed by atoms with van der Waals surface area (Å²) in [6, 6.07) is 3.92. The van der Waals surface area contributed by atoms with Crippen LogP contribution in [0.5, 0.6) is 0 Å².